The molecule has 0 atom stereocenters. The third-order valence-electron chi connectivity index (χ3n) is 5.82. The Hall–Kier alpha value is -2.16. The van der Waals surface area contributed by atoms with Gasteiger partial charge in [0.1, 0.15) is 5.78 Å². The molecule has 0 bridgehead atoms. The van der Waals surface area contributed by atoms with Gasteiger partial charge in [-0.3, -0.25) is 4.79 Å². The number of allylic oxidation sites excluding steroid dienone is 9. The van der Waals surface area contributed by atoms with Crippen LogP contribution in [0.3, 0.4) is 0 Å². The molecule has 0 saturated carbocycles. The molecule has 1 amide bonds. The molecule has 0 heterocycles. The van der Waals surface area contributed by atoms with Crippen LogP contribution in [0.4, 0.5) is 0 Å². The fourth-order valence-electron chi connectivity index (χ4n) is 3.53. The van der Waals surface area contributed by atoms with Crippen LogP contribution in [0.5, 0.6) is 0 Å². The van der Waals surface area contributed by atoms with Crippen molar-refractivity contribution in [2.45, 2.75) is 106 Å². The normalized spacial score (nSPS) is 14.0. The first-order valence-electron chi connectivity index (χ1n) is 12.5. The van der Waals surface area contributed by atoms with Crippen molar-refractivity contribution >= 4 is 11.7 Å². The summed E-state index contributed by atoms with van der Waals surface area (Å²) in [6, 6.07) is 0. The predicted octanol–water partition coefficient (Wildman–Crippen LogP) is 8.30. The van der Waals surface area contributed by atoms with Crippen molar-refractivity contribution in [1.29, 1.82) is 0 Å². The lowest BCUT2D eigenvalue weighted by Crippen LogP contribution is -2.22. The van der Waals surface area contributed by atoms with Gasteiger partial charge in [0.05, 0.1) is 0 Å². The van der Waals surface area contributed by atoms with Crippen LogP contribution in [-0.4, -0.2) is 30.7 Å². The Balaban J connectivity index is 4.18. The topological polar surface area (TPSA) is 37.4 Å². The number of rotatable bonds is 16. The van der Waals surface area contributed by atoms with E-state index in [1.165, 1.54) is 22.3 Å². The molecule has 0 spiro atoms. The quantitative estimate of drug-likeness (QED) is 0.173. The van der Waals surface area contributed by atoms with Crippen molar-refractivity contribution in [3.8, 4) is 0 Å². The minimum atomic E-state index is 0.0931. The van der Waals surface area contributed by atoms with Crippen LogP contribution < -0.4 is 0 Å². The van der Waals surface area contributed by atoms with E-state index in [4.69, 9.17) is 0 Å². The summed E-state index contributed by atoms with van der Waals surface area (Å²) in [5.41, 5.74) is 6.53. The van der Waals surface area contributed by atoms with E-state index in [-0.39, 0.29) is 11.7 Å². The number of ketones is 1. The van der Waals surface area contributed by atoms with Gasteiger partial charge in [0, 0.05) is 26.1 Å². The highest BCUT2D eigenvalue weighted by molar-refractivity contribution is 5.92. The van der Waals surface area contributed by atoms with E-state index in [9.17, 15) is 9.59 Å². The molecule has 0 N–H and O–H groups in total. The Bertz CT molecular complexity index is 760. The standard InChI is InChI=1S/C30H49NO2/c1-24(16-10-18-26(3)20-12-22-28(5)30(33)31(7)8)14-9-15-25(2)17-11-19-27(4)21-13-23-29(6)32/h14,17-18,21-22H,9-13,15-16,19-20,23H2,1-8H3. The largest absolute Gasteiger partial charge is 0.345 e. The van der Waals surface area contributed by atoms with E-state index in [1.807, 2.05) is 13.0 Å². The lowest BCUT2D eigenvalue weighted by atomic mass is 10.0. The van der Waals surface area contributed by atoms with Gasteiger partial charge in [-0.2, -0.15) is 0 Å². The Kier molecular flexibility index (Phi) is 17.1. The number of hydrogen-bond acceptors (Lipinski definition) is 2. The number of Topliss-reactive ketones (excluding diaryl/α,β-unsaturated/α-hetero) is 1. The number of nitrogens with zero attached hydrogens (tertiary/aromatic N) is 1. The van der Waals surface area contributed by atoms with Crippen LogP contribution >= 0.6 is 0 Å². The minimum Gasteiger partial charge on any atom is -0.345 e. The average molecular weight is 456 g/mol. The summed E-state index contributed by atoms with van der Waals surface area (Å²) in [6.45, 7) is 12.4. The lowest BCUT2D eigenvalue weighted by molar-refractivity contribution is -0.124. The van der Waals surface area contributed by atoms with E-state index in [0.717, 1.165) is 63.4 Å². The summed E-state index contributed by atoms with van der Waals surface area (Å²) in [5.74, 6) is 0.359. The SMILES string of the molecule is CC(=O)CCC=C(C)CCC=C(C)CCC=C(C)CCC=C(C)CCC=C(C)C(=O)N(C)C. The molecule has 0 rings (SSSR count). The van der Waals surface area contributed by atoms with Crippen LogP contribution in [-0.2, 0) is 9.59 Å². The zero-order valence-electron chi connectivity index (χ0n) is 22.7. The predicted molar refractivity (Wildman–Crippen MR) is 144 cm³/mol. The zero-order valence-corrected chi connectivity index (χ0v) is 22.7. The highest BCUT2D eigenvalue weighted by atomic mass is 16.2. The monoisotopic (exact) mass is 455 g/mol. The molecule has 186 valence electrons. The maximum Gasteiger partial charge on any atom is 0.248 e. The fourth-order valence-corrected chi connectivity index (χ4v) is 3.53. The van der Waals surface area contributed by atoms with Gasteiger partial charge in [0.25, 0.3) is 0 Å². The number of hydrogen-bond donors (Lipinski definition) is 0. The van der Waals surface area contributed by atoms with Gasteiger partial charge < -0.3 is 9.69 Å². The van der Waals surface area contributed by atoms with Crippen LogP contribution in [0.1, 0.15) is 106 Å². The summed E-state index contributed by atoms with van der Waals surface area (Å²) in [5, 5.41) is 0. The zero-order chi connectivity index (χ0) is 25.2. The Morgan fingerprint density at radius 2 is 0.818 bits per heavy atom. The second-order valence-electron chi connectivity index (χ2n) is 9.68. The van der Waals surface area contributed by atoms with Crippen molar-refractivity contribution in [2.24, 2.45) is 0 Å². The molecular formula is C30H49NO2. The molecule has 0 aliphatic rings. The Labute approximate surface area is 204 Å². The fraction of sp³-hybridized carbons (Fsp3) is 0.600. The Morgan fingerprint density at radius 3 is 1.12 bits per heavy atom. The van der Waals surface area contributed by atoms with E-state index in [1.54, 1.807) is 25.9 Å². The number of carbonyl (C=O) groups excluding carboxylic acids is 2. The molecule has 0 fully saturated rings. The third kappa shape index (κ3) is 18.0. The molecule has 0 aromatic rings. The van der Waals surface area contributed by atoms with Gasteiger partial charge in [0.15, 0.2) is 0 Å². The third-order valence-corrected chi connectivity index (χ3v) is 5.82. The summed E-state index contributed by atoms with van der Waals surface area (Å²) in [4.78, 5) is 24.5. The van der Waals surface area contributed by atoms with Crippen molar-refractivity contribution < 1.29 is 9.59 Å². The lowest BCUT2D eigenvalue weighted by Gasteiger charge is -2.10. The highest BCUT2D eigenvalue weighted by Gasteiger charge is 2.05. The first-order chi connectivity index (χ1) is 15.5. The van der Waals surface area contributed by atoms with Gasteiger partial charge in [-0.05, 0) is 99.3 Å². The molecule has 0 saturated heterocycles. The average Bonchev–Trinajstić information content (AvgIpc) is 2.72. The molecule has 0 aliphatic carbocycles. The molecular weight excluding hydrogens is 406 g/mol. The highest BCUT2D eigenvalue weighted by Crippen LogP contribution is 2.15. The molecule has 3 heteroatoms. The summed E-state index contributed by atoms with van der Waals surface area (Å²) < 4.78 is 0. The summed E-state index contributed by atoms with van der Waals surface area (Å²) >= 11 is 0. The number of carbonyl (C=O) groups is 2. The molecule has 3 nitrogen and oxygen atoms in total. The molecule has 33 heavy (non-hydrogen) atoms. The van der Waals surface area contributed by atoms with Crippen LogP contribution in [0.15, 0.2) is 58.2 Å². The maximum absolute atomic E-state index is 11.8. The van der Waals surface area contributed by atoms with Gasteiger partial charge >= 0.3 is 0 Å². The molecule has 0 aromatic heterocycles. The minimum absolute atomic E-state index is 0.0931. The van der Waals surface area contributed by atoms with Crippen LogP contribution in [0.2, 0.25) is 0 Å². The second kappa shape index (κ2) is 18.3. The van der Waals surface area contributed by atoms with E-state index < -0.39 is 0 Å². The molecule has 0 unspecified atom stereocenters. The maximum atomic E-state index is 11.8. The van der Waals surface area contributed by atoms with E-state index in [2.05, 4.69) is 52.0 Å². The van der Waals surface area contributed by atoms with Gasteiger partial charge in [-0.25, -0.2) is 0 Å². The van der Waals surface area contributed by atoms with E-state index >= 15 is 0 Å². The van der Waals surface area contributed by atoms with Crippen molar-refractivity contribution in [3.05, 3.63) is 58.2 Å². The second-order valence-corrected chi connectivity index (χ2v) is 9.68. The van der Waals surface area contributed by atoms with Crippen LogP contribution in [0, 0.1) is 0 Å². The number of likely N-dealkylation sites (N-methyl/N-ethyl adjacent to an activating group) is 1. The van der Waals surface area contributed by atoms with Gasteiger partial charge in [-0.15, -0.1) is 0 Å². The van der Waals surface area contributed by atoms with E-state index in [0.29, 0.717) is 6.42 Å². The number of amides is 1. The van der Waals surface area contributed by atoms with Gasteiger partial charge in [0.2, 0.25) is 5.91 Å². The van der Waals surface area contributed by atoms with Crippen molar-refractivity contribution in [2.75, 3.05) is 14.1 Å². The van der Waals surface area contributed by atoms with Gasteiger partial charge in [-0.1, -0.05) is 52.7 Å². The molecule has 0 radical (unpaired) electrons. The summed E-state index contributed by atoms with van der Waals surface area (Å²) in [7, 11) is 3.58. The van der Waals surface area contributed by atoms with Crippen molar-refractivity contribution in [3.63, 3.8) is 0 Å². The molecule has 0 aromatic carbocycles. The van der Waals surface area contributed by atoms with Crippen LogP contribution in [0.25, 0.3) is 0 Å². The molecule has 0 aliphatic heterocycles. The Morgan fingerprint density at radius 1 is 0.515 bits per heavy atom. The summed E-state index contributed by atoms with van der Waals surface area (Å²) in [6.07, 6.45) is 21.4. The first kappa shape index (κ1) is 30.8. The smallest absolute Gasteiger partial charge is 0.248 e. The van der Waals surface area contributed by atoms with Crippen molar-refractivity contribution in [1.82, 2.24) is 4.90 Å². The first-order valence-corrected chi connectivity index (χ1v) is 12.5.